The normalized spacial score (nSPS) is 12.4. The van der Waals surface area contributed by atoms with Gasteiger partial charge in [0, 0.05) is 5.02 Å². The minimum Gasteiger partial charge on any atom is -0.497 e. The van der Waals surface area contributed by atoms with Crippen molar-refractivity contribution in [2.75, 3.05) is 13.7 Å². The zero-order chi connectivity index (χ0) is 14.5. The molecule has 2 rings (SSSR count). The molecule has 108 valence electrons. The Kier molecular flexibility index (Phi) is 6.14. The van der Waals surface area contributed by atoms with Crippen LogP contribution >= 0.6 is 45.5 Å². The molecule has 1 aromatic heterocycles. The summed E-state index contributed by atoms with van der Waals surface area (Å²) in [5.41, 5.74) is 2.36. The van der Waals surface area contributed by atoms with Crippen LogP contribution < -0.4 is 10.1 Å². The summed E-state index contributed by atoms with van der Waals surface area (Å²) in [5, 5.41) is 6.50. The summed E-state index contributed by atoms with van der Waals surface area (Å²) >= 11 is 10.5. The zero-order valence-corrected chi connectivity index (χ0v) is 15.2. The molecule has 0 spiro atoms. The van der Waals surface area contributed by atoms with Crippen molar-refractivity contribution < 1.29 is 4.74 Å². The molecule has 0 saturated carbocycles. The van der Waals surface area contributed by atoms with Crippen molar-refractivity contribution in [1.82, 2.24) is 5.32 Å². The van der Waals surface area contributed by atoms with E-state index in [1.54, 1.807) is 18.4 Å². The molecule has 1 heterocycles. The number of nitrogens with one attached hydrogen (secondary N) is 1. The Bertz CT molecular complexity index is 573. The highest BCUT2D eigenvalue weighted by molar-refractivity contribution is 14.1. The summed E-state index contributed by atoms with van der Waals surface area (Å²) in [6, 6.07) is 8.21. The van der Waals surface area contributed by atoms with Crippen molar-refractivity contribution in [1.29, 1.82) is 0 Å². The van der Waals surface area contributed by atoms with Gasteiger partial charge in [0.25, 0.3) is 0 Å². The van der Waals surface area contributed by atoms with Crippen molar-refractivity contribution >= 4 is 45.5 Å². The van der Waals surface area contributed by atoms with Gasteiger partial charge in [-0.1, -0.05) is 24.6 Å². The lowest BCUT2D eigenvalue weighted by atomic mass is 10.0. The maximum absolute atomic E-state index is 6.42. The fraction of sp³-hybridized carbons (Fsp3) is 0.333. The molecule has 20 heavy (non-hydrogen) atoms. The number of ether oxygens (including phenoxy) is 1. The fourth-order valence-corrected chi connectivity index (χ4v) is 3.72. The topological polar surface area (TPSA) is 21.3 Å². The summed E-state index contributed by atoms with van der Waals surface area (Å²) < 4.78 is 6.50. The van der Waals surface area contributed by atoms with E-state index < -0.39 is 0 Å². The maximum Gasteiger partial charge on any atom is 0.120 e. The molecule has 0 saturated heterocycles. The van der Waals surface area contributed by atoms with Gasteiger partial charge in [-0.15, -0.1) is 11.3 Å². The van der Waals surface area contributed by atoms with Crippen LogP contribution in [0.3, 0.4) is 0 Å². The van der Waals surface area contributed by atoms with Crippen LogP contribution in [0.4, 0.5) is 0 Å². The smallest absolute Gasteiger partial charge is 0.120 e. The average molecular weight is 422 g/mol. The van der Waals surface area contributed by atoms with Crippen LogP contribution in [0.15, 0.2) is 29.6 Å². The standard InChI is InChI=1S/C15H17ClINOS/c1-3-6-18-15(10-7-14(17)20-9-10)12-5-4-11(19-2)8-13(12)16/h4-5,7-9,15,18H,3,6H2,1-2H3. The second-order valence-corrected chi connectivity index (χ2v) is 7.67. The fourth-order valence-electron chi connectivity index (χ4n) is 2.04. The van der Waals surface area contributed by atoms with Gasteiger partial charge in [0.05, 0.1) is 16.0 Å². The molecule has 1 aromatic carbocycles. The molecule has 0 aliphatic rings. The number of rotatable bonds is 6. The lowest BCUT2D eigenvalue weighted by molar-refractivity contribution is 0.414. The van der Waals surface area contributed by atoms with Gasteiger partial charge >= 0.3 is 0 Å². The molecule has 2 aromatic rings. The van der Waals surface area contributed by atoms with E-state index in [4.69, 9.17) is 16.3 Å². The van der Waals surface area contributed by atoms with Gasteiger partial charge in [-0.2, -0.15) is 0 Å². The van der Waals surface area contributed by atoms with Gasteiger partial charge in [0.1, 0.15) is 5.75 Å². The van der Waals surface area contributed by atoms with Gasteiger partial charge in [0.15, 0.2) is 0 Å². The molecule has 1 atom stereocenters. The predicted octanol–water partition coefficient (Wildman–Crippen LogP) is 5.10. The molecule has 2 nitrogen and oxygen atoms in total. The highest BCUT2D eigenvalue weighted by Gasteiger charge is 2.18. The molecule has 1 unspecified atom stereocenters. The number of halogens is 2. The molecule has 0 bridgehead atoms. The van der Waals surface area contributed by atoms with Crippen molar-refractivity contribution in [3.63, 3.8) is 0 Å². The van der Waals surface area contributed by atoms with Gasteiger partial charge in [0.2, 0.25) is 0 Å². The van der Waals surface area contributed by atoms with Crippen LogP contribution in [0.5, 0.6) is 5.75 Å². The molecular weight excluding hydrogens is 405 g/mol. The van der Waals surface area contributed by atoms with Gasteiger partial charge in [-0.25, -0.2) is 0 Å². The van der Waals surface area contributed by atoms with E-state index in [-0.39, 0.29) is 6.04 Å². The number of thiophene rings is 1. The average Bonchev–Trinajstić information content (AvgIpc) is 2.87. The SMILES string of the molecule is CCCNC(c1csc(I)c1)c1ccc(OC)cc1Cl. The molecule has 1 N–H and O–H groups in total. The molecule has 0 radical (unpaired) electrons. The second kappa shape index (κ2) is 7.64. The Labute approximate surface area is 142 Å². The largest absolute Gasteiger partial charge is 0.497 e. The second-order valence-electron chi connectivity index (χ2n) is 4.46. The number of hydrogen-bond donors (Lipinski definition) is 1. The van der Waals surface area contributed by atoms with E-state index in [0.29, 0.717) is 0 Å². The van der Waals surface area contributed by atoms with Crippen LogP contribution in [0.1, 0.15) is 30.5 Å². The predicted molar refractivity (Wildman–Crippen MR) is 95.2 cm³/mol. The number of benzene rings is 1. The van der Waals surface area contributed by atoms with Crippen LogP contribution in [-0.2, 0) is 0 Å². The van der Waals surface area contributed by atoms with E-state index in [1.807, 2.05) is 18.2 Å². The molecule has 0 fully saturated rings. The highest BCUT2D eigenvalue weighted by Crippen LogP contribution is 2.33. The summed E-state index contributed by atoms with van der Waals surface area (Å²) in [5.74, 6) is 0.785. The maximum atomic E-state index is 6.42. The Balaban J connectivity index is 2.35. The molecule has 0 aliphatic heterocycles. The summed E-state index contributed by atoms with van der Waals surface area (Å²) in [4.78, 5) is 0. The van der Waals surface area contributed by atoms with Gasteiger partial charge in [-0.05, 0) is 70.3 Å². The lowest BCUT2D eigenvalue weighted by Gasteiger charge is -2.20. The molecule has 0 aliphatic carbocycles. The summed E-state index contributed by atoms with van der Waals surface area (Å²) in [6.45, 7) is 3.12. The quantitative estimate of drug-likeness (QED) is 0.655. The van der Waals surface area contributed by atoms with Crippen molar-refractivity contribution in [3.8, 4) is 5.75 Å². The van der Waals surface area contributed by atoms with Crippen molar-refractivity contribution in [2.24, 2.45) is 0 Å². The Hall–Kier alpha value is -0.300. The third-order valence-electron chi connectivity index (χ3n) is 3.04. The van der Waals surface area contributed by atoms with Crippen molar-refractivity contribution in [2.45, 2.75) is 19.4 Å². The molecule has 5 heteroatoms. The first kappa shape index (κ1) is 16.1. The Morgan fingerprint density at radius 2 is 2.20 bits per heavy atom. The van der Waals surface area contributed by atoms with Crippen LogP contribution in [0.2, 0.25) is 5.02 Å². The first-order valence-corrected chi connectivity index (χ1v) is 8.80. The van der Waals surface area contributed by atoms with Gasteiger partial charge in [-0.3, -0.25) is 0 Å². The Morgan fingerprint density at radius 3 is 2.75 bits per heavy atom. The first-order valence-electron chi connectivity index (χ1n) is 6.46. The zero-order valence-electron chi connectivity index (χ0n) is 11.5. The molecular formula is C15H17ClINOS. The highest BCUT2D eigenvalue weighted by atomic mass is 127. The molecule has 0 amide bonds. The van der Waals surface area contributed by atoms with Crippen LogP contribution in [0.25, 0.3) is 0 Å². The number of hydrogen-bond acceptors (Lipinski definition) is 3. The van der Waals surface area contributed by atoms with Crippen LogP contribution in [0, 0.1) is 2.88 Å². The van der Waals surface area contributed by atoms with E-state index in [9.17, 15) is 0 Å². The Morgan fingerprint density at radius 1 is 1.40 bits per heavy atom. The minimum absolute atomic E-state index is 0.133. The third-order valence-corrected chi connectivity index (χ3v) is 5.17. The first-order chi connectivity index (χ1) is 9.65. The van der Waals surface area contributed by atoms with E-state index in [0.717, 1.165) is 29.3 Å². The number of methoxy groups -OCH3 is 1. The van der Waals surface area contributed by atoms with Crippen LogP contribution in [-0.4, -0.2) is 13.7 Å². The van der Waals surface area contributed by atoms with E-state index >= 15 is 0 Å². The lowest BCUT2D eigenvalue weighted by Crippen LogP contribution is -2.23. The van der Waals surface area contributed by atoms with Crippen molar-refractivity contribution in [3.05, 3.63) is 48.7 Å². The van der Waals surface area contributed by atoms with E-state index in [2.05, 4.69) is 46.3 Å². The minimum atomic E-state index is 0.133. The van der Waals surface area contributed by atoms with E-state index in [1.165, 1.54) is 8.45 Å². The summed E-state index contributed by atoms with van der Waals surface area (Å²) in [6.07, 6.45) is 1.09. The summed E-state index contributed by atoms with van der Waals surface area (Å²) in [7, 11) is 1.65. The van der Waals surface area contributed by atoms with Gasteiger partial charge < -0.3 is 10.1 Å². The monoisotopic (exact) mass is 421 g/mol. The third kappa shape index (κ3) is 3.87.